The van der Waals surface area contributed by atoms with Gasteiger partial charge in [-0.05, 0) is 37.4 Å². The molecule has 1 aromatic heterocycles. The average molecular weight is 365 g/mol. The molecular formula is C21H27N5O. The second-order valence-corrected chi connectivity index (χ2v) is 7.44. The topological polar surface area (TPSA) is 61.4 Å². The van der Waals surface area contributed by atoms with Crippen LogP contribution in [0.15, 0.2) is 48.8 Å². The monoisotopic (exact) mass is 365 g/mol. The van der Waals surface area contributed by atoms with Crippen LogP contribution in [0.1, 0.15) is 24.8 Å². The molecule has 0 radical (unpaired) electrons. The highest BCUT2D eigenvalue weighted by molar-refractivity contribution is 5.91. The van der Waals surface area contributed by atoms with Crippen molar-refractivity contribution in [2.24, 2.45) is 0 Å². The fourth-order valence-electron chi connectivity index (χ4n) is 3.83. The van der Waals surface area contributed by atoms with Crippen LogP contribution in [0.5, 0.6) is 0 Å². The van der Waals surface area contributed by atoms with Crippen LogP contribution in [0.25, 0.3) is 0 Å². The van der Waals surface area contributed by atoms with E-state index in [9.17, 15) is 4.79 Å². The molecule has 4 rings (SSSR count). The third kappa shape index (κ3) is 4.11. The number of hydrogen-bond acceptors (Lipinski definition) is 5. The number of hydrogen-bond donors (Lipinski definition) is 1. The van der Waals surface area contributed by atoms with Crippen LogP contribution < -0.4 is 10.2 Å². The first-order valence-electron chi connectivity index (χ1n) is 9.86. The van der Waals surface area contributed by atoms with Crippen LogP contribution in [0.3, 0.4) is 0 Å². The van der Waals surface area contributed by atoms with E-state index < -0.39 is 0 Å². The van der Waals surface area contributed by atoms with Crippen molar-refractivity contribution in [1.29, 1.82) is 0 Å². The van der Waals surface area contributed by atoms with E-state index in [0.29, 0.717) is 0 Å². The number of rotatable bonds is 7. The van der Waals surface area contributed by atoms with E-state index in [-0.39, 0.29) is 11.3 Å². The SMILES string of the molecule is O=C(NCCCN1CCN(c2ncccn2)CC1)C1(c2ccccc2)CC1. The third-order valence-corrected chi connectivity index (χ3v) is 5.65. The second kappa shape index (κ2) is 8.05. The van der Waals surface area contributed by atoms with E-state index in [2.05, 4.69) is 37.2 Å². The Balaban J connectivity index is 1.17. The molecule has 1 amide bonds. The van der Waals surface area contributed by atoms with Crippen molar-refractivity contribution in [2.45, 2.75) is 24.7 Å². The van der Waals surface area contributed by atoms with Gasteiger partial charge in [-0.3, -0.25) is 9.69 Å². The van der Waals surface area contributed by atoms with Crippen LogP contribution in [0.4, 0.5) is 5.95 Å². The highest BCUT2D eigenvalue weighted by Crippen LogP contribution is 2.48. The molecule has 1 N–H and O–H groups in total. The minimum absolute atomic E-state index is 0.194. The van der Waals surface area contributed by atoms with Crippen LogP contribution in [0.2, 0.25) is 0 Å². The highest BCUT2D eigenvalue weighted by atomic mass is 16.2. The van der Waals surface area contributed by atoms with Crippen molar-refractivity contribution in [1.82, 2.24) is 20.2 Å². The lowest BCUT2D eigenvalue weighted by Crippen LogP contribution is -2.47. The van der Waals surface area contributed by atoms with Gasteiger partial charge in [-0.1, -0.05) is 30.3 Å². The Kier molecular flexibility index (Phi) is 5.34. The molecule has 1 aromatic carbocycles. The predicted molar refractivity (Wildman–Crippen MR) is 106 cm³/mol. The van der Waals surface area contributed by atoms with E-state index in [1.54, 1.807) is 12.4 Å². The van der Waals surface area contributed by atoms with Crippen LogP contribution in [-0.4, -0.2) is 60.0 Å². The Morgan fingerprint density at radius 2 is 1.70 bits per heavy atom. The number of nitrogens with one attached hydrogen (secondary N) is 1. The number of piperazine rings is 1. The van der Waals surface area contributed by atoms with Crippen molar-refractivity contribution in [3.8, 4) is 0 Å². The molecule has 0 spiro atoms. The average Bonchev–Trinajstić information content (AvgIpc) is 3.55. The van der Waals surface area contributed by atoms with Gasteiger partial charge in [-0.2, -0.15) is 0 Å². The van der Waals surface area contributed by atoms with E-state index in [1.165, 1.54) is 0 Å². The Morgan fingerprint density at radius 3 is 2.37 bits per heavy atom. The van der Waals surface area contributed by atoms with Gasteiger partial charge in [-0.15, -0.1) is 0 Å². The zero-order valence-electron chi connectivity index (χ0n) is 15.7. The number of carbonyl (C=O) groups excluding carboxylic acids is 1. The standard InChI is InChI=1S/C21H27N5O/c27-19(21(8-9-21)18-6-2-1-3-7-18)22-12-5-13-25-14-16-26(17-15-25)20-23-10-4-11-24-20/h1-4,6-7,10-11H,5,8-9,12-17H2,(H,22,27). The number of anilines is 1. The Morgan fingerprint density at radius 1 is 1.00 bits per heavy atom. The molecule has 1 aliphatic heterocycles. The molecule has 0 atom stereocenters. The molecule has 6 nitrogen and oxygen atoms in total. The number of aromatic nitrogens is 2. The molecule has 6 heteroatoms. The van der Waals surface area contributed by atoms with Crippen molar-refractivity contribution < 1.29 is 4.79 Å². The smallest absolute Gasteiger partial charge is 0.230 e. The Bertz CT molecular complexity index is 740. The van der Waals surface area contributed by atoms with Crippen LogP contribution in [-0.2, 0) is 10.2 Å². The van der Waals surface area contributed by atoms with Gasteiger partial charge in [0.05, 0.1) is 5.41 Å². The maximum absolute atomic E-state index is 12.6. The summed E-state index contributed by atoms with van der Waals surface area (Å²) in [4.78, 5) is 26.0. The van der Waals surface area contributed by atoms with E-state index in [4.69, 9.17) is 0 Å². The molecule has 27 heavy (non-hydrogen) atoms. The molecule has 2 aliphatic rings. The van der Waals surface area contributed by atoms with Gasteiger partial charge < -0.3 is 10.2 Å². The summed E-state index contributed by atoms with van der Waals surface area (Å²) in [5, 5.41) is 3.16. The summed E-state index contributed by atoms with van der Waals surface area (Å²) in [6.45, 7) is 5.69. The maximum Gasteiger partial charge on any atom is 0.230 e. The maximum atomic E-state index is 12.6. The Labute approximate surface area is 160 Å². The molecule has 1 saturated carbocycles. The second-order valence-electron chi connectivity index (χ2n) is 7.44. The fraction of sp³-hybridized carbons (Fsp3) is 0.476. The van der Waals surface area contributed by atoms with Crippen molar-refractivity contribution in [3.63, 3.8) is 0 Å². The van der Waals surface area contributed by atoms with Gasteiger partial charge in [0, 0.05) is 45.1 Å². The van der Waals surface area contributed by atoms with Gasteiger partial charge in [0.25, 0.3) is 0 Å². The van der Waals surface area contributed by atoms with Gasteiger partial charge >= 0.3 is 0 Å². The summed E-state index contributed by atoms with van der Waals surface area (Å²) >= 11 is 0. The molecule has 2 heterocycles. The summed E-state index contributed by atoms with van der Waals surface area (Å²) < 4.78 is 0. The summed E-state index contributed by atoms with van der Waals surface area (Å²) in [7, 11) is 0. The normalized spacial score (nSPS) is 18.9. The molecule has 0 unspecified atom stereocenters. The molecule has 142 valence electrons. The third-order valence-electron chi connectivity index (χ3n) is 5.65. The van der Waals surface area contributed by atoms with Crippen LogP contribution >= 0.6 is 0 Å². The molecule has 1 aliphatic carbocycles. The zero-order chi connectivity index (χ0) is 18.5. The molecule has 1 saturated heterocycles. The van der Waals surface area contributed by atoms with Crippen LogP contribution in [0, 0.1) is 0 Å². The predicted octanol–water partition coefficient (Wildman–Crippen LogP) is 1.84. The zero-order valence-corrected chi connectivity index (χ0v) is 15.7. The van der Waals surface area contributed by atoms with Gasteiger partial charge in [0.1, 0.15) is 0 Å². The van der Waals surface area contributed by atoms with E-state index >= 15 is 0 Å². The number of nitrogens with zero attached hydrogens (tertiary/aromatic N) is 4. The first-order chi connectivity index (χ1) is 13.3. The van der Waals surface area contributed by atoms with Gasteiger partial charge in [0.15, 0.2) is 0 Å². The summed E-state index contributed by atoms with van der Waals surface area (Å²) in [6, 6.07) is 12.0. The molecule has 2 fully saturated rings. The van der Waals surface area contributed by atoms with Gasteiger partial charge in [0.2, 0.25) is 11.9 Å². The first kappa shape index (κ1) is 17.9. The van der Waals surface area contributed by atoms with E-state index in [0.717, 1.165) is 70.0 Å². The van der Waals surface area contributed by atoms with Crippen molar-refractivity contribution >= 4 is 11.9 Å². The number of amides is 1. The number of carbonyl (C=O) groups is 1. The highest BCUT2D eigenvalue weighted by Gasteiger charge is 2.50. The van der Waals surface area contributed by atoms with Crippen molar-refractivity contribution in [3.05, 3.63) is 54.4 Å². The van der Waals surface area contributed by atoms with Gasteiger partial charge in [-0.25, -0.2) is 9.97 Å². The largest absolute Gasteiger partial charge is 0.355 e. The molecule has 2 aromatic rings. The van der Waals surface area contributed by atoms with E-state index in [1.807, 2.05) is 24.3 Å². The molecule has 0 bridgehead atoms. The Hall–Kier alpha value is -2.47. The summed E-state index contributed by atoms with van der Waals surface area (Å²) in [6.07, 6.45) is 6.50. The summed E-state index contributed by atoms with van der Waals surface area (Å²) in [5.74, 6) is 1.01. The summed E-state index contributed by atoms with van der Waals surface area (Å²) in [5.41, 5.74) is 0.893. The number of benzene rings is 1. The quantitative estimate of drug-likeness (QED) is 0.759. The van der Waals surface area contributed by atoms with Crippen molar-refractivity contribution in [2.75, 3.05) is 44.2 Å². The molecular weight excluding hydrogens is 338 g/mol. The lowest BCUT2D eigenvalue weighted by Gasteiger charge is -2.34. The minimum atomic E-state index is -0.261. The fourth-order valence-corrected chi connectivity index (χ4v) is 3.83. The first-order valence-corrected chi connectivity index (χ1v) is 9.86. The lowest BCUT2D eigenvalue weighted by molar-refractivity contribution is -0.123. The minimum Gasteiger partial charge on any atom is -0.355 e. The lowest BCUT2D eigenvalue weighted by atomic mass is 9.95.